The third kappa shape index (κ3) is 38.5. The van der Waals surface area contributed by atoms with Gasteiger partial charge in [0.25, 0.3) is 0 Å². The lowest BCUT2D eigenvalue weighted by Crippen LogP contribution is -2.27. The molecule has 1 unspecified atom stereocenters. The molecule has 0 radical (unpaired) electrons. The SMILES string of the molecule is CC/C=C\C/C=C\C/C=C\C/C=C\CCCCCCCCCCCCCCC(=O)OC(CO)COCCCCCCCC/C=C\CCC. The van der Waals surface area contributed by atoms with Gasteiger partial charge >= 0.3 is 5.97 Å². The minimum absolute atomic E-state index is 0.176. The standard InChI is InChI=1S/C44H78O4/c1-3-5-7-9-11-13-15-16-17-18-19-20-21-22-23-24-25-26-27-28-29-31-33-35-37-39-44(46)48-43(41-45)42-47-40-38-36-34-32-30-14-12-10-8-6-4-2/h5,7-8,10-11,13,16-17,19-20,43,45H,3-4,6,9,12,14-15,18,21-42H2,1-2H3/b7-5-,10-8-,13-11-,17-16-,20-19-. The average Bonchev–Trinajstić information content (AvgIpc) is 3.09. The summed E-state index contributed by atoms with van der Waals surface area (Å²) < 4.78 is 11.1. The predicted molar refractivity (Wildman–Crippen MR) is 209 cm³/mol. The van der Waals surface area contributed by atoms with Gasteiger partial charge in [0.15, 0.2) is 0 Å². The normalized spacial score (nSPS) is 13.0. The number of aliphatic hydroxyl groups is 1. The van der Waals surface area contributed by atoms with Crippen LogP contribution in [-0.4, -0.2) is 37.0 Å². The van der Waals surface area contributed by atoms with Gasteiger partial charge in [-0.1, -0.05) is 171 Å². The monoisotopic (exact) mass is 671 g/mol. The minimum Gasteiger partial charge on any atom is -0.457 e. The minimum atomic E-state index is -0.538. The van der Waals surface area contributed by atoms with Crippen molar-refractivity contribution < 1.29 is 19.4 Å². The van der Waals surface area contributed by atoms with Crippen LogP contribution in [0.2, 0.25) is 0 Å². The van der Waals surface area contributed by atoms with Crippen molar-refractivity contribution in [2.75, 3.05) is 19.8 Å². The number of carbonyl (C=O) groups excluding carboxylic acids is 1. The number of unbranched alkanes of at least 4 members (excludes halogenated alkanes) is 19. The van der Waals surface area contributed by atoms with Gasteiger partial charge in [0, 0.05) is 13.0 Å². The molecule has 4 nitrogen and oxygen atoms in total. The van der Waals surface area contributed by atoms with Crippen molar-refractivity contribution in [2.24, 2.45) is 0 Å². The van der Waals surface area contributed by atoms with Crippen LogP contribution in [0.4, 0.5) is 0 Å². The molecule has 0 aromatic heterocycles. The molecule has 1 N–H and O–H groups in total. The zero-order valence-corrected chi connectivity index (χ0v) is 31.7. The fraction of sp³-hybridized carbons (Fsp3) is 0.750. The van der Waals surface area contributed by atoms with E-state index in [2.05, 4.69) is 74.6 Å². The Bertz CT molecular complexity index is 794. The second-order valence-electron chi connectivity index (χ2n) is 13.3. The molecule has 0 heterocycles. The first-order valence-electron chi connectivity index (χ1n) is 20.4. The number of aliphatic hydroxyl groups excluding tert-OH is 1. The summed E-state index contributed by atoms with van der Waals surface area (Å²) in [4.78, 5) is 12.2. The largest absolute Gasteiger partial charge is 0.457 e. The third-order valence-electron chi connectivity index (χ3n) is 8.56. The Hall–Kier alpha value is -1.91. The van der Waals surface area contributed by atoms with Crippen LogP contribution in [0.25, 0.3) is 0 Å². The Balaban J connectivity index is 3.43. The second-order valence-corrected chi connectivity index (χ2v) is 13.3. The van der Waals surface area contributed by atoms with Gasteiger partial charge in [-0.05, 0) is 70.6 Å². The maximum atomic E-state index is 12.2. The lowest BCUT2D eigenvalue weighted by molar-refractivity contribution is -0.154. The Morgan fingerprint density at radius 3 is 1.44 bits per heavy atom. The maximum absolute atomic E-state index is 12.2. The molecule has 0 rings (SSSR count). The molecule has 0 fully saturated rings. The smallest absolute Gasteiger partial charge is 0.306 e. The van der Waals surface area contributed by atoms with Gasteiger partial charge in [0.05, 0.1) is 13.2 Å². The Morgan fingerprint density at radius 1 is 0.521 bits per heavy atom. The van der Waals surface area contributed by atoms with E-state index in [4.69, 9.17) is 9.47 Å². The Morgan fingerprint density at radius 2 is 0.938 bits per heavy atom. The van der Waals surface area contributed by atoms with Gasteiger partial charge in [-0.25, -0.2) is 0 Å². The molecule has 0 bridgehead atoms. The number of hydrogen-bond donors (Lipinski definition) is 1. The first kappa shape index (κ1) is 46.1. The summed E-state index contributed by atoms with van der Waals surface area (Å²) in [5.41, 5.74) is 0. The molecule has 1 atom stereocenters. The van der Waals surface area contributed by atoms with Crippen molar-refractivity contribution in [2.45, 2.75) is 193 Å². The van der Waals surface area contributed by atoms with Crippen LogP contribution in [0, 0.1) is 0 Å². The highest BCUT2D eigenvalue weighted by atomic mass is 16.6. The van der Waals surface area contributed by atoms with Crippen molar-refractivity contribution in [1.82, 2.24) is 0 Å². The molecule has 0 amide bonds. The van der Waals surface area contributed by atoms with Gasteiger partial charge in [0.2, 0.25) is 0 Å². The molecule has 0 aliphatic heterocycles. The predicted octanol–water partition coefficient (Wildman–Crippen LogP) is 13.3. The first-order valence-corrected chi connectivity index (χ1v) is 20.4. The van der Waals surface area contributed by atoms with Crippen LogP contribution in [0.5, 0.6) is 0 Å². The van der Waals surface area contributed by atoms with Gasteiger partial charge < -0.3 is 14.6 Å². The van der Waals surface area contributed by atoms with Gasteiger partial charge in [-0.15, -0.1) is 0 Å². The van der Waals surface area contributed by atoms with Crippen molar-refractivity contribution in [3.63, 3.8) is 0 Å². The number of ether oxygens (including phenoxy) is 2. The molecule has 0 aliphatic carbocycles. The molecule has 0 aromatic carbocycles. The summed E-state index contributed by atoms with van der Waals surface area (Å²) in [6, 6.07) is 0. The van der Waals surface area contributed by atoms with Crippen LogP contribution >= 0.6 is 0 Å². The van der Waals surface area contributed by atoms with Crippen LogP contribution in [0.1, 0.15) is 187 Å². The molecular weight excluding hydrogens is 592 g/mol. The van der Waals surface area contributed by atoms with E-state index < -0.39 is 6.10 Å². The highest BCUT2D eigenvalue weighted by Gasteiger charge is 2.13. The number of hydrogen-bond acceptors (Lipinski definition) is 4. The summed E-state index contributed by atoms with van der Waals surface area (Å²) in [5, 5.41) is 9.56. The molecular formula is C44H78O4. The zero-order valence-electron chi connectivity index (χ0n) is 31.7. The van der Waals surface area contributed by atoms with Crippen LogP contribution < -0.4 is 0 Å². The fourth-order valence-electron chi connectivity index (χ4n) is 5.56. The summed E-state index contributed by atoms with van der Waals surface area (Å²) in [6.45, 7) is 5.17. The summed E-state index contributed by atoms with van der Waals surface area (Å²) >= 11 is 0. The van der Waals surface area contributed by atoms with E-state index in [1.54, 1.807) is 0 Å². The highest BCUT2D eigenvalue weighted by molar-refractivity contribution is 5.69. The molecule has 278 valence electrons. The van der Waals surface area contributed by atoms with Crippen LogP contribution in [-0.2, 0) is 14.3 Å². The number of esters is 1. The van der Waals surface area contributed by atoms with E-state index >= 15 is 0 Å². The summed E-state index contributed by atoms with van der Waals surface area (Å²) in [5.74, 6) is -0.208. The molecule has 0 spiro atoms. The number of carbonyl (C=O) groups is 1. The van der Waals surface area contributed by atoms with E-state index in [0.29, 0.717) is 19.6 Å². The topological polar surface area (TPSA) is 55.8 Å². The molecule has 0 saturated carbocycles. The quantitative estimate of drug-likeness (QED) is 0.0406. The lowest BCUT2D eigenvalue weighted by atomic mass is 10.0. The first-order chi connectivity index (χ1) is 23.7. The maximum Gasteiger partial charge on any atom is 0.306 e. The van der Waals surface area contributed by atoms with E-state index in [9.17, 15) is 9.90 Å². The molecule has 0 aliphatic rings. The van der Waals surface area contributed by atoms with Crippen molar-refractivity contribution in [1.29, 1.82) is 0 Å². The summed E-state index contributed by atoms with van der Waals surface area (Å²) in [7, 11) is 0. The molecule has 0 aromatic rings. The van der Waals surface area contributed by atoms with Crippen molar-refractivity contribution >= 4 is 5.97 Å². The van der Waals surface area contributed by atoms with E-state index in [1.165, 1.54) is 122 Å². The number of rotatable bonds is 37. The second kappa shape index (κ2) is 41.3. The third-order valence-corrected chi connectivity index (χ3v) is 8.56. The van der Waals surface area contributed by atoms with Crippen LogP contribution in [0.3, 0.4) is 0 Å². The highest BCUT2D eigenvalue weighted by Crippen LogP contribution is 2.14. The average molecular weight is 671 g/mol. The number of allylic oxidation sites excluding steroid dienone is 10. The molecule has 0 saturated heterocycles. The van der Waals surface area contributed by atoms with E-state index in [0.717, 1.165) is 44.9 Å². The molecule has 48 heavy (non-hydrogen) atoms. The lowest BCUT2D eigenvalue weighted by Gasteiger charge is -2.15. The van der Waals surface area contributed by atoms with Gasteiger partial charge in [0.1, 0.15) is 6.10 Å². The van der Waals surface area contributed by atoms with Crippen molar-refractivity contribution in [3.05, 3.63) is 60.8 Å². The van der Waals surface area contributed by atoms with Crippen LogP contribution in [0.15, 0.2) is 60.8 Å². The molecule has 4 heteroatoms. The van der Waals surface area contributed by atoms with Gasteiger partial charge in [-0.3, -0.25) is 4.79 Å². The van der Waals surface area contributed by atoms with E-state index in [-0.39, 0.29) is 12.6 Å². The fourth-order valence-corrected chi connectivity index (χ4v) is 5.56. The van der Waals surface area contributed by atoms with E-state index in [1.807, 2.05) is 0 Å². The summed E-state index contributed by atoms with van der Waals surface area (Å²) in [6.07, 6.45) is 54.2. The zero-order chi connectivity index (χ0) is 34.9. The van der Waals surface area contributed by atoms with Gasteiger partial charge in [-0.2, -0.15) is 0 Å². The Kier molecular flexibility index (Phi) is 39.6. The Labute approximate surface area is 298 Å². The van der Waals surface area contributed by atoms with Crippen molar-refractivity contribution in [3.8, 4) is 0 Å².